The molecular formula is C8H9O2S2. The lowest BCUT2D eigenvalue weighted by atomic mass is 10.2. The van der Waals surface area contributed by atoms with E-state index in [9.17, 15) is 8.42 Å². The van der Waals surface area contributed by atoms with Crippen LogP contribution in [0.2, 0.25) is 0 Å². The van der Waals surface area contributed by atoms with Crippen molar-refractivity contribution < 1.29 is 8.42 Å². The summed E-state index contributed by atoms with van der Waals surface area (Å²) in [6.07, 6.45) is 3.28. The van der Waals surface area contributed by atoms with E-state index in [1.54, 1.807) is 24.3 Å². The van der Waals surface area contributed by atoms with Gasteiger partial charge in [-0.25, -0.2) is 8.42 Å². The summed E-state index contributed by atoms with van der Waals surface area (Å²) < 4.78 is 22.4. The predicted octanol–water partition coefficient (Wildman–Crippen LogP) is 2.21. The van der Waals surface area contributed by atoms with Crippen molar-refractivity contribution in [2.24, 2.45) is 0 Å². The minimum Gasteiger partial charge on any atom is -0.212 e. The van der Waals surface area contributed by atoms with Gasteiger partial charge in [-0.15, -0.1) is 0 Å². The van der Waals surface area contributed by atoms with Crippen molar-refractivity contribution in [1.82, 2.24) is 0 Å². The van der Waals surface area contributed by atoms with Crippen molar-refractivity contribution in [1.29, 1.82) is 0 Å². The standard InChI is InChI=1S/C8H9O2S2/c1-7-3-5-8(6-4-7)12(9,10)11-2/h3-6H,2H2,1H3. The average molecular weight is 201 g/mol. The summed E-state index contributed by atoms with van der Waals surface area (Å²) >= 11 is 0. The van der Waals surface area contributed by atoms with E-state index in [1.165, 1.54) is 0 Å². The van der Waals surface area contributed by atoms with Crippen LogP contribution < -0.4 is 0 Å². The fourth-order valence-electron chi connectivity index (χ4n) is 0.773. The van der Waals surface area contributed by atoms with Crippen LogP contribution >= 0.6 is 10.8 Å². The summed E-state index contributed by atoms with van der Waals surface area (Å²) in [5, 5.41) is 0. The lowest BCUT2D eigenvalue weighted by Crippen LogP contribution is -1.92. The number of benzene rings is 1. The van der Waals surface area contributed by atoms with Crippen molar-refractivity contribution in [3.05, 3.63) is 36.1 Å². The van der Waals surface area contributed by atoms with Gasteiger partial charge in [0, 0.05) is 6.26 Å². The molecule has 0 heterocycles. The lowest BCUT2D eigenvalue weighted by Gasteiger charge is -1.99. The normalized spacial score (nSPS) is 11.5. The maximum atomic E-state index is 11.2. The van der Waals surface area contributed by atoms with Crippen LogP contribution in [0.4, 0.5) is 0 Å². The van der Waals surface area contributed by atoms with Gasteiger partial charge in [0.05, 0.1) is 4.90 Å². The Bertz CT molecular complexity index is 351. The van der Waals surface area contributed by atoms with Gasteiger partial charge in [-0.3, -0.25) is 0 Å². The maximum absolute atomic E-state index is 11.2. The number of aryl methyl sites for hydroxylation is 1. The Kier molecular flexibility index (Phi) is 2.80. The molecular weight excluding hydrogens is 192 g/mol. The fraction of sp³-hybridized carbons (Fsp3) is 0.125. The smallest absolute Gasteiger partial charge is 0.212 e. The van der Waals surface area contributed by atoms with E-state index in [1.807, 2.05) is 6.92 Å². The maximum Gasteiger partial charge on any atom is 0.230 e. The molecule has 0 saturated carbocycles. The Morgan fingerprint density at radius 2 is 1.75 bits per heavy atom. The number of hydrogen-bond donors (Lipinski definition) is 0. The molecule has 0 aliphatic heterocycles. The second-order valence-electron chi connectivity index (χ2n) is 2.39. The third-order valence-electron chi connectivity index (χ3n) is 1.46. The number of rotatable bonds is 2. The molecule has 1 aromatic carbocycles. The van der Waals surface area contributed by atoms with Gasteiger partial charge >= 0.3 is 0 Å². The first kappa shape index (κ1) is 9.61. The van der Waals surface area contributed by atoms with Crippen LogP contribution in [0.15, 0.2) is 29.2 Å². The SMILES string of the molecule is [CH2]SS(=O)(=O)c1ccc(C)cc1. The topological polar surface area (TPSA) is 34.1 Å². The van der Waals surface area contributed by atoms with Gasteiger partial charge in [-0.2, -0.15) is 0 Å². The van der Waals surface area contributed by atoms with Crippen LogP contribution in [-0.2, 0) is 8.87 Å². The minimum atomic E-state index is -3.21. The van der Waals surface area contributed by atoms with Gasteiger partial charge in [0.1, 0.15) is 0 Å². The first-order chi connectivity index (χ1) is 5.56. The second kappa shape index (κ2) is 3.49. The monoisotopic (exact) mass is 201 g/mol. The Morgan fingerprint density at radius 3 is 2.17 bits per heavy atom. The minimum absolute atomic E-state index is 0.313. The molecule has 4 heteroatoms. The Morgan fingerprint density at radius 1 is 1.25 bits per heavy atom. The highest BCUT2D eigenvalue weighted by atomic mass is 33.1. The largest absolute Gasteiger partial charge is 0.230 e. The van der Waals surface area contributed by atoms with Crippen LogP contribution in [0.3, 0.4) is 0 Å². The van der Waals surface area contributed by atoms with Crippen molar-refractivity contribution in [2.75, 3.05) is 0 Å². The molecule has 0 amide bonds. The van der Waals surface area contributed by atoms with Gasteiger partial charge in [0.15, 0.2) is 0 Å². The fourth-order valence-corrected chi connectivity index (χ4v) is 2.12. The van der Waals surface area contributed by atoms with Crippen molar-refractivity contribution in [3.8, 4) is 0 Å². The summed E-state index contributed by atoms with van der Waals surface area (Å²) in [5.41, 5.74) is 1.04. The molecule has 1 radical (unpaired) electrons. The third-order valence-corrected chi connectivity index (χ3v) is 4.13. The highest BCUT2D eigenvalue weighted by molar-refractivity contribution is 8.72. The molecule has 0 atom stereocenters. The molecule has 0 spiro atoms. The molecule has 0 bridgehead atoms. The average Bonchev–Trinajstić information content (AvgIpc) is 2.05. The molecule has 12 heavy (non-hydrogen) atoms. The zero-order chi connectivity index (χ0) is 9.19. The van der Waals surface area contributed by atoms with Crippen LogP contribution in [-0.4, -0.2) is 8.42 Å². The van der Waals surface area contributed by atoms with Gasteiger partial charge in [-0.1, -0.05) is 17.7 Å². The molecule has 1 rings (SSSR count). The van der Waals surface area contributed by atoms with E-state index in [2.05, 4.69) is 6.26 Å². The van der Waals surface area contributed by atoms with E-state index in [4.69, 9.17) is 0 Å². The quantitative estimate of drug-likeness (QED) is 0.688. The van der Waals surface area contributed by atoms with E-state index in [0.29, 0.717) is 15.7 Å². The summed E-state index contributed by atoms with van der Waals surface area (Å²) in [6, 6.07) is 6.71. The molecule has 0 aliphatic carbocycles. The summed E-state index contributed by atoms with van der Waals surface area (Å²) in [6.45, 7) is 1.91. The van der Waals surface area contributed by atoms with E-state index in [-0.39, 0.29) is 0 Å². The van der Waals surface area contributed by atoms with Crippen LogP contribution in [0, 0.1) is 13.2 Å². The molecule has 0 unspecified atom stereocenters. The highest BCUT2D eigenvalue weighted by Gasteiger charge is 2.10. The zero-order valence-corrected chi connectivity index (χ0v) is 8.28. The van der Waals surface area contributed by atoms with Gasteiger partial charge in [-0.05, 0) is 29.9 Å². The highest BCUT2D eigenvalue weighted by Crippen LogP contribution is 2.21. The summed E-state index contributed by atoms with van der Waals surface area (Å²) in [4.78, 5) is 0.313. The van der Waals surface area contributed by atoms with Gasteiger partial charge in [0.2, 0.25) is 8.87 Å². The molecule has 1 aromatic rings. The molecule has 0 saturated heterocycles. The summed E-state index contributed by atoms with van der Waals surface area (Å²) in [5.74, 6) is 0. The molecule has 65 valence electrons. The zero-order valence-electron chi connectivity index (χ0n) is 6.65. The molecule has 0 aromatic heterocycles. The van der Waals surface area contributed by atoms with Crippen LogP contribution in [0.5, 0.6) is 0 Å². The van der Waals surface area contributed by atoms with Crippen LogP contribution in [0.25, 0.3) is 0 Å². The Labute approximate surface area is 76.3 Å². The second-order valence-corrected chi connectivity index (χ2v) is 6.02. The molecule has 0 N–H and O–H groups in total. The molecule has 0 fully saturated rings. The van der Waals surface area contributed by atoms with Crippen molar-refractivity contribution in [3.63, 3.8) is 0 Å². The van der Waals surface area contributed by atoms with Gasteiger partial charge < -0.3 is 0 Å². The van der Waals surface area contributed by atoms with Crippen LogP contribution in [0.1, 0.15) is 5.56 Å². The van der Waals surface area contributed by atoms with Crippen molar-refractivity contribution in [2.45, 2.75) is 11.8 Å². The van der Waals surface area contributed by atoms with Crippen molar-refractivity contribution >= 4 is 19.7 Å². The van der Waals surface area contributed by atoms with E-state index in [0.717, 1.165) is 5.56 Å². The van der Waals surface area contributed by atoms with Gasteiger partial charge in [0.25, 0.3) is 0 Å². The lowest BCUT2D eigenvalue weighted by molar-refractivity contribution is 0.610. The molecule has 2 nitrogen and oxygen atoms in total. The first-order valence-electron chi connectivity index (χ1n) is 3.31. The molecule has 0 aliphatic rings. The Hall–Kier alpha value is -0.480. The number of hydrogen-bond acceptors (Lipinski definition) is 3. The predicted molar refractivity (Wildman–Crippen MR) is 51.3 cm³/mol. The first-order valence-corrected chi connectivity index (χ1v) is 6.30. The van der Waals surface area contributed by atoms with E-state index < -0.39 is 8.87 Å². The summed E-state index contributed by atoms with van der Waals surface area (Å²) in [7, 11) is -2.60. The Balaban J connectivity index is 3.14. The third kappa shape index (κ3) is 2.01. The van der Waals surface area contributed by atoms with E-state index >= 15 is 0 Å².